The topological polar surface area (TPSA) is 29.5 Å². The van der Waals surface area contributed by atoms with Crippen molar-refractivity contribution in [1.82, 2.24) is 0 Å². The van der Waals surface area contributed by atoms with Crippen molar-refractivity contribution in [2.24, 2.45) is 0 Å². The van der Waals surface area contributed by atoms with Gasteiger partial charge in [-0.05, 0) is 55.2 Å². The lowest BCUT2D eigenvalue weighted by Gasteiger charge is -2.21. The van der Waals surface area contributed by atoms with Gasteiger partial charge in [0, 0.05) is 15.1 Å². The second-order valence-electron chi connectivity index (χ2n) is 5.16. The van der Waals surface area contributed by atoms with Crippen LogP contribution in [0, 0.1) is 20.8 Å². The molecule has 112 valence electrons. The summed E-state index contributed by atoms with van der Waals surface area (Å²) in [5, 5.41) is 11.5. The number of benzene rings is 2. The zero-order chi connectivity index (χ0) is 15.7. The summed E-state index contributed by atoms with van der Waals surface area (Å²) in [6.45, 7) is 5.86. The van der Waals surface area contributed by atoms with Gasteiger partial charge in [0.2, 0.25) is 0 Å². The predicted octanol–water partition coefficient (Wildman–Crippen LogP) is 5.12. The Labute approximate surface area is 138 Å². The van der Waals surface area contributed by atoms with Crippen LogP contribution in [0.5, 0.6) is 5.75 Å². The van der Waals surface area contributed by atoms with Gasteiger partial charge in [-0.25, -0.2) is 0 Å². The number of hydrogen-bond donors (Lipinski definition) is 1. The first-order chi connectivity index (χ1) is 9.86. The Kier molecular flexibility index (Phi) is 4.97. The van der Waals surface area contributed by atoms with E-state index in [0.717, 1.165) is 38.0 Å². The molecule has 0 bridgehead atoms. The fourth-order valence-electron chi connectivity index (χ4n) is 2.48. The molecule has 0 spiro atoms. The quantitative estimate of drug-likeness (QED) is 0.814. The largest absolute Gasteiger partial charge is 0.496 e. The predicted molar refractivity (Wildman–Crippen MR) is 90.4 cm³/mol. The Balaban J connectivity index is 2.62. The summed E-state index contributed by atoms with van der Waals surface area (Å²) in [5.74, 6) is 0.718. The van der Waals surface area contributed by atoms with E-state index in [9.17, 15) is 5.11 Å². The number of rotatable bonds is 3. The summed E-state index contributed by atoms with van der Waals surface area (Å²) in [7, 11) is 1.62. The molecule has 2 aromatic rings. The lowest BCUT2D eigenvalue weighted by atomic mass is 9.93. The molecule has 2 rings (SSSR count). The van der Waals surface area contributed by atoms with Crippen LogP contribution in [0.2, 0.25) is 5.02 Å². The maximum atomic E-state index is 10.8. The SMILES string of the molecule is COc1c(C)cc(Br)c(C)c1C(O)c1ccc(Cl)c(C)c1. The average molecular weight is 370 g/mol. The fraction of sp³-hybridized carbons (Fsp3) is 0.294. The van der Waals surface area contributed by atoms with E-state index < -0.39 is 6.10 Å². The minimum atomic E-state index is -0.757. The van der Waals surface area contributed by atoms with E-state index in [-0.39, 0.29) is 0 Å². The molecule has 0 aromatic heterocycles. The van der Waals surface area contributed by atoms with E-state index in [1.807, 2.05) is 45.0 Å². The van der Waals surface area contributed by atoms with E-state index in [1.54, 1.807) is 7.11 Å². The highest BCUT2D eigenvalue weighted by Crippen LogP contribution is 2.39. The van der Waals surface area contributed by atoms with Crippen molar-refractivity contribution in [1.29, 1.82) is 0 Å². The van der Waals surface area contributed by atoms with Gasteiger partial charge in [0.15, 0.2) is 0 Å². The summed E-state index contributed by atoms with van der Waals surface area (Å²) >= 11 is 9.60. The third-order valence-electron chi connectivity index (χ3n) is 3.68. The monoisotopic (exact) mass is 368 g/mol. The Morgan fingerprint density at radius 1 is 1.14 bits per heavy atom. The second-order valence-corrected chi connectivity index (χ2v) is 6.42. The van der Waals surface area contributed by atoms with E-state index >= 15 is 0 Å². The summed E-state index contributed by atoms with van der Waals surface area (Å²) in [6, 6.07) is 7.55. The van der Waals surface area contributed by atoms with E-state index in [1.165, 1.54) is 0 Å². The van der Waals surface area contributed by atoms with Crippen molar-refractivity contribution < 1.29 is 9.84 Å². The minimum absolute atomic E-state index is 0.694. The van der Waals surface area contributed by atoms with Crippen LogP contribution >= 0.6 is 27.5 Å². The standard InChI is InChI=1S/C17H18BrClO2/c1-9-7-12(5-6-14(9)19)16(20)15-11(3)13(18)8-10(2)17(15)21-4/h5-8,16,20H,1-4H3. The van der Waals surface area contributed by atoms with E-state index in [4.69, 9.17) is 16.3 Å². The number of hydrogen-bond acceptors (Lipinski definition) is 2. The first kappa shape index (κ1) is 16.3. The number of aliphatic hydroxyl groups excluding tert-OH is 1. The van der Waals surface area contributed by atoms with Crippen molar-refractivity contribution >= 4 is 27.5 Å². The molecule has 4 heteroatoms. The van der Waals surface area contributed by atoms with Crippen LogP contribution in [0.3, 0.4) is 0 Å². The lowest BCUT2D eigenvalue weighted by Crippen LogP contribution is -2.07. The minimum Gasteiger partial charge on any atom is -0.496 e. The van der Waals surface area contributed by atoms with Gasteiger partial charge < -0.3 is 9.84 Å². The van der Waals surface area contributed by atoms with Gasteiger partial charge in [-0.3, -0.25) is 0 Å². The molecule has 0 fully saturated rings. The van der Waals surface area contributed by atoms with Gasteiger partial charge in [0.25, 0.3) is 0 Å². The zero-order valence-electron chi connectivity index (χ0n) is 12.5. The van der Waals surface area contributed by atoms with Gasteiger partial charge >= 0.3 is 0 Å². The van der Waals surface area contributed by atoms with Crippen molar-refractivity contribution in [2.75, 3.05) is 7.11 Å². The molecule has 0 saturated carbocycles. The van der Waals surface area contributed by atoms with Crippen LogP contribution < -0.4 is 4.74 Å². The number of aliphatic hydroxyl groups is 1. The van der Waals surface area contributed by atoms with E-state index in [2.05, 4.69) is 15.9 Å². The highest BCUT2D eigenvalue weighted by atomic mass is 79.9. The molecule has 0 saturated heterocycles. The number of halogens is 2. The molecule has 2 nitrogen and oxygen atoms in total. The molecule has 1 unspecified atom stereocenters. The highest BCUT2D eigenvalue weighted by molar-refractivity contribution is 9.10. The number of methoxy groups -OCH3 is 1. The first-order valence-corrected chi connectivity index (χ1v) is 7.81. The van der Waals surface area contributed by atoms with Gasteiger partial charge in [-0.2, -0.15) is 0 Å². The van der Waals surface area contributed by atoms with Crippen LogP contribution in [0.4, 0.5) is 0 Å². The van der Waals surface area contributed by atoms with Gasteiger partial charge in [0.1, 0.15) is 11.9 Å². The molecule has 1 atom stereocenters. The molecular weight excluding hydrogens is 352 g/mol. The molecule has 0 amide bonds. The summed E-state index contributed by atoms with van der Waals surface area (Å²) in [6.07, 6.45) is -0.757. The Morgan fingerprint density at radius 2 is 1.81 bits per heavy atom. The third-order valence-corrected chi connectivity index (χ3v) is 4.93. The maximum Gasteiger partial charge on any atom is 0.128 e. The molecule has 0 aliphatic carbocycles. The molecule has 2 aromatic carbocycles. The molecule has 0 aliphatic rings. The van der Waals surface area contributed by atoms with E-state index in [0.29, 0.717) is 5.02 Å². The highest BCUT2D eigenvalue weighted by Gasteiger charge is 2.22. The zero-order valence-corrected chi connectivity index (χ0v) is 14.8. The summed E-state index contributed by atoms with van der Waals surface area (Å²) < 4.78 is 6.46. The second kappa shape index (κ2) is 6.39. The number of ether oxygens (including phenoxy) is 1. The lowest BCUT2D eigenvalue weighted by molar-refractivity contribution is 0.213. The van der Waals surface area contributed by atoms with Crippen LogP contribution in [0.25, 0.3) is 0 Å². The Morgan fingerprint density at radius 3 is 2.38 bits per heavy atom. The third kappa shape index (κ3) is 3.10. The van der Waals surface area contributed by atoms with Crippen LogP contribution in [0.1, 0.15) is 33.9 Å². The Hall–Kier alpha value is -1.03. The molecule has 0 heterocycles. The van der Waals surface area contributed by atoms with Crippen LogP contribution in [-0.2, 0) is 0 Å². The van der Waals surface area contributed by atoms with Crippen molar-refractivity contribution in [3.05, 3.63) is 61.6 Å². The summed E-state index contributed by atoms with van der Waals surface area (Å²) in [5.41, 5.74) is 4.48. The van der Waals surface area contributed by atoms with Crippen molar-refractivity contribution in [3.8, 4) is 5.75 Å². The average Bonchev–Trinajstić information content (AvgIpc) is 2.44. The van der Waals surface area contributed by atoms with Crippen LogP contribution in [0.15, 0.2) is 28.7 Å². The molecule has 21 heavy (non-hydrogen) atoms. The Bertz CT molecular complexity index is 683. The van der Waals surface area contributed by atoms with Crippen molar-refractivity contribution in [2.45, 2.75) is 26.9 Å². The smallest absolute Gasteiger partial charge is 0.128 e. The number of aryl methyl sites for hydroxylation is 2. The van der Waals surface area contributed by atoms with Gasteiger partial charge in [0.05, 0.1) is 7.11 Å². The van der Waals surface area contributed by atoms with Gasteiger partial charge in [-0.1, -0.05) is 39.7 Å². The van der Waals surface area contributed by atoms with Crippen molar-refractivity contribution in [3.63, 3.8) is 0 Å². The maximum absolute atomic E-state index is 10.8. The van der Waals surface area contributed by atoms with Gasteiger partial charge in [-0.15, -0.1) is 0 Å². The molecule has 0 radical (unpaired) electrons. The molecular formula is C17H18BrClO2. The molecule has 0 aliphatic heterocycles. The van der Waals surface area contributed by atoms with Crippen LogP contribution in [-0.4, -0.2) is 12.2 Å². The summed E-state index contributed by atoms with van der Waals surface area (Å²) in [4.78, 5) is 0. The first-order valence-electron chi connectivity index (χ1n) is 6.64. The normalized spacial score (nSPS) is 12.3. The fourth-order valence-corrected chi connectivity index (χ4v) is 3.15. The molecule has 1 N–H and O–H groups in total.